The third-order valence-electron chi connectivity index (χ3n) is 4.91. The van der Waals surface area contributed by atoms with E-state index in [4.69, 9.17) is 4.74 Å². The van der Waals surface area contributed by atoms with Crippen LogP contribution in [0.15, 0.2) is 41.3 Å². The van der Waals surface area contributed by atoms with Crippen LogP contribution in [-0.2, 0) is 14.8 Å². The first-order valence-electron chi connectivity index (χ1n) is 9.50. The van der Waals surface area contributed by atoms with E-state index in [-0.39, 0.29) is 16.7 Å². The Hall–Kier alpha value is -2.65. The first-order chi connectivity index (χ1) is 13.8. The summed E-state index contributed by atoms with van der Waals surface area (Å²) in [6, 6.07) is 9.23. The molecule has 1 unspecified atom stereocenters. The molecule has 0 amide bonds. The molecule has 8 nitrogen and oxygen atoms in total. The summed E-state index contributed by atoms with van der Waals surface area (Å²) in [4.78, 5) is 10.8. The molecule has 0 spiro atoms. The highest BCUT2D eigenvalue weighted by atomic mass is 32.2. The van der Waals surface area contributed by atoms with Crippen LogP contribution in [0.3, 0.4) is 0 Å². The zero-order chi connectivity index (χ0) is 21.0. The summed E-state index contributed by atoms with van der Waals surface area (Å²) in [5.41, 5.74) is 2.24. The second-order valence-corrected chi connectivity index (χ2v) is 8.89. The predicted molar refractivity (Wildman–Crippen MR) is 112 cm³/mol. The van der Waals surface area contributed by atoms with Crippen molar-refractivity contribution in [2.75, 3.05) is 23.2 Å². The maximum absolute atomic E-state index is 12.7. The second-order valence-electron chi connectivity index (χ2n) is 7.21. The standard InChI is InChI=1S/C20H25N3O5S/c1-14-5-7-18(15(2)12-14)22-29(26,27)17-6-8-19(20(13-17)23(24)25)21-10-9-16-4-3-11-28-16/h5-8,12-13,16,21-22H,3-4,9-11H2,1-2H3. The van der Waals surface area contributed by atoms with Crippen LogP contribution in [0.25, 0.3) is 0 Å². The molecule has 29 heavy (non-hydrogen) atoms. The van der Waals surface area contributed by atoms with Crippen molar-refractivity contribution in [2.45, 2.75) is 44.1 Å². The predicted octanol–water partition coefficient (Wildman–Crippen LogP) is 3.99. The molecule has 1 aliphatic rings. The van der Waals surface area contributed by atoms with Gasteiger partial charge in [0, 0.05) is 19.2 Å². The summed E-state index contributed by atoms with van der Waals surface area (Å²) in [5.74, 6) is 0. The summed E-state index contributed by atoms with van der Waals surface area (Å²) in [6.07, 6.45) is 2.93. The summed E-state index contributed by atoms with van der Waals surface area (Å²) < 4.78 is 33.5. The number of aryl methyl sites for hydroxylation is 2. The van der Waals surface area contributed by atoms with Crippen molar-refractivity contribution in [3.05, 3.63) is 57.6 Å². The van der Waals surface area contributed by atoms with Gasteiger partial charge in [-0.15, -0.1) is 0 Å². The van der Waals surface area contributed by atoms with Crippen LogP contribution in [-0.4, -0.2) is 32.6 Å². The van der Waals surface area contributed by atoms with Gasteiger partial charge < -0.3 is 10.1 Å². The van der Waals surface area contributed by atoms with Crippen LogP contribution in [0.5, 0.6) is 0 Å². The van der Waals surface area contributed by atoms with Gasteiger partial charge in [-0.1, -0.05) is 17.7 Å². The van der Waals surface area contributed by atoms with Gasteiger partial charge in [0.2, 0.25) is 0 Å². The van der Waals surface area contributed by atoms with Crippen LogP contribution >= 0.6 is 0 Å². The first-order valence-corrected chi connectivity index (χ1v) is 11.0. The Morgan fingerprint density at radius 3 is 2.59 bits per heavy atom. The van der Waals surface area contributed by atoms with E-state index >= 15 is 0 Å². The average Bonchev–Trinajstić information content (AvgIpc) is 3.17. The Balaban J connectivity index is 1.78. The zero-order valence-electron chi connectivity index (χ0n) is 16.5. The van der Waals surface area contributed by atoms with Gasteiger partial charge in [-0.05, 0) is 56.9 Å². The number of rotatable bonds is 8. The van der Waals surface area contributed by atoms with E-state index in [1.165, 1.54) is 12.1 Å². The molecule has 156 valence electrons. The zero-order valence-corrected chi connectivity index (χ0v) is 17.3. The minimum absolute atomic E-state index is 0.158. The number of nitro benzene ring substituents is 1. The molecule has 0 saturated carbocycles. The van der Waals surface area contributed by atoms with Crippen LogP contribution in [0.4, 0.5) is 17.1 Å². The van der Waals surface area contributed by atoms with E-state index in [1.54, 1.807) is 19.1 Å². The maximum atomic E-state index is 12.7. The Morgan fingerprint density at radius 1 is 1.17 bits per heavy atom. The summed E-state index contributed by atoms with van der Waals surface area (Å²) in [7, 11) is -3.96. The molecule has 0 radical (unpaired) electrons. The molecule has 1 fully saturated rings. The van der Waals surface area contributed by atoms with Crippen molar-refractivity contribution < 1.29 is 18.1 Å². The highest BCUT2D eigenvalue weighted by Crippen LogP contribution is 2.29. The van der Waals surface area contributed by atoms with E-state index < -0.39 is 14.9 Å². The largest absolute Gasteiger partial charge is 0.379 e. The van der Waals surface area contributed by atoms with E-state index in [9.17, 15) is 18.5 Å². The van der Waals surface area contributed by atoms with E-state index in [1.807, 2.05) is 13.0 Å². The van der Waals surface area contributed by atoms with E-state index in [0.717, 1.165) is 43.1 Å². The Labute approximate surface area is 170 Å². The van der Waals surface area contributed by atoms with Gasteiger partial charge in [0.1, 0.15) is 5.69 Å². The minimum Gasteiger partial charge on any atom is -0.379 e. The Kier molecular flexibility index (Phi) is 6.39. The number of sulfonamides is 1. The molecule has 0 aromatic heterocycles. The number of nitrogens with zero attached hydrogens (tertiary/aromatic N) is 1. The smallest absolute Gasteiger partial charge is 0.293 e. The highest BCUT2D eigenvalue weighted by Gasteiger charge is 2.22. The number of anilines is 2. The summed E-state index contributed by atoms with van der Waals surface area (Å²) in [5, 5.41) is 14.5. The van der Waals surface area contributed by atoms with E-state index in [2.05, 4.69) is 10.0 Å². The fourth-order valence-electron chi connectivity index (χ4n) is 3.35. The van der Waals surface area contributed by atoms with Crippen molar-refractivity contribution >= 4 is 27.1 Å². The quantitative estimate of drug-likeness (QED) is 0.494. The maximum Gasteiger partial charge on any atom is 0.293 e. The topological polar surface area (TPSA) is 111 Å². The number of nitro groups is 1. The van der Waals surface area contributed by atoms with E-state index in [0.29, 0.717) is 17.9 Å². The van der Waals surface area contributed by atoms with Crippen molar-refractivity contribution in [1.29, 1.82) is 0 Å². The number of ether oxygens (including phenoxy) is 1. The Morgan fingerprint density at radius 2 is 1.93 bits per heavy atom. The molecule has 2 N–H and O–H groups in total. The molecule has 1 aliphatic heterocycles. The first kappa shape index (κ1) is 21.1. The van der Waals surface area contributed by atoms with Gasteiger partial charge in [-0.2, -0.15) is 0 Å². The molecular formula is C20H25N3O5S. The van der Waals surface area contributed by atoms with Crippen LogP contribution in [0.2, 0.25) is 0 Å². The highest BCUT2D eigenvalue weighted by molar-refractivity contribution is 7.92. The van der Waals surface area contributed by atoms with Gasteiger partial charge in [-0.3, -0.25) is 14.8 Å². The van der Waals surface area contributed by atoms with Crippen molar-refractivity contribution in [3.8, 4) is 0 Å². The van der Waals surface area contributed by atoms with Gasteiger partial charge >= 0.3 is 0 Å². The van der Waals surface area contributed by atoms with Crippen LogP contribution in [0, 0.1) is 24.0 Å². The molecule has 1 saturated heterocycles. The summed E-state index contributed by atoms with van der Waals surface area (Å²) in [6.45, 7) is 4.98. The molecule has 2 aromatic rings. The molecule has 0 aliphatic carbocycles. The third-order valence-corrected chi connectivity index (χ3v) is 6.27. The number of hydrogen-bond donors (Lipinski definition) is 2. The molecule has 1 heterocycles. The molecular weight excluding hydrogens is 394 g/mol. The Bertz CT molecular complexity index is 1000. The van der Waals surface area contributed by atoms with Crippen molar-refractivity contribution in [2.24, 2.45) is 0 Å². The van der Waals surface area contributed by atoms with Gasteiger partial charge in [0.05, 0.1) is 21.6 Å². The molecule has 0 bridgehead atoms. The van der Waals surface area contributed by atoms with Crippen molar-refractivity contribution in [3.63, 3.8) is 0 Å². The van der Waals surface area contributed by atoms with Crippen LogP contribution in [0.1, 0.15) is 30.4 Å². The second kappa shape index (κ2) is 8.79. The fourth-order valence-corrected chi connectivity index (χ4v) is 4.50. The molecule has 9 heteroatoms. The molecule has 2 aromatic carbocycles. The fraction of sp³-hybridized carbons (Fsp3) is 0.400. The molecule has 3 rings (SSSR count). The lowest BCUT2D eigenvalue weighted by molar-refractivity contribution is -0.384. The minimum atomic E-state index is -3.96. The lowest BCUT2D eigenvalue weighted by Gasteiger charge is -2.13. The third kappa shape index (κ3) is 5.24. The van der Waals surface area contributed by atoms with Crippen LogP contribution < -0.4 is 10.0 Å². The summed E-state index contributed by atoms with van der Waals surface area (Å²) >= 11 is 0. The monoisotopic (exact) mass is 419 g/mol. The van der Waals surface area contributed by atoms with Gasteiger partial charge in [-0.25, -0.2) is 8.42 Å². The molecule has 1 atom stereocenters. The lowest BCUT2D eigenvalue weighted by atomic mass is 10.1. The average molecular weight is 420 g/mol. The lowest BCUT2D eigenvalue weighted by Crippen LogP contribution is -2.15. The number of nitrogens with one attached hydrogen (secondary N) is 2. The SMILES string of the molecule is Cc1ccc(NS(=O)(=O)c2ccc(NCCC3CCCO3)c([N+](=O)[O-])c2)c(C)c1. The van der Waals surface area contributed by atoms with Gasteiger partial charge in [0.15, 0.2) is 0 Å². The van der Waals surface area contributed by atoms with Crippen molar-refractivity contribution in [1.82, 2.24) is 0 Å². The normalized spacial score (nSPS) is 16.6. The number of hydrogen-bond acceptors (Lipinski definition) is 6. The van der Waals surface area contributed by atoms with Gasteiger partial charge in [0.25, 0.3) is 15.7 Å². The number of benzene rings is 2.